The molecule has 2 saturated heterocycles. The molecule has 0 spiro atoms. The summed E-state index contributed by atoms with van der Waals surface area (Å²) in [5, 5.41) is 0. The Labute approximate surface area is 187 Å². The fourth-order valence-corrected chi connectivity index (χ4v) is 4.81. The number of rotatable bonds is 5. The molecule has 2 aliphatic heterocycles. The fraction of sp³-hybridized carbons (Fsp3) is 0.400. The van der Waals surface area contributed by atoms with E-state index in [1.807, 2.05) is 56.8 Å². The first-order valence-electron chi connectivity index (χ1n) is 11.3. The first kappa shape index (κ1) is 20.7. The van der Waals surface area contributed by atoms with Crippen LogP contribution in [0.5, 0.6) is 0 Å². The number of aromatic nitrogens is 2. The number of ether oxygens (including phenoxy) is 1. The van der Waals surface area contributed by atoms with Crippen LogP contribution in [0.1, 0.15) is 30.7 Å². The van der Waals surface area contributed by atoms with E-state index < -0.39 is 0 Å². The number of carbonyl (C=O) groups excluding carboxylic acids is 2. The second-order valence-electron chi connectivity index (χ2n) is 8.43. The lowest BCUT2D eigenvalue weighted by Gasteiger charge is -2.27. The predicted molar refractivity (Wildman–Crippen MR) is 123 cm³/mol. The molecular formula is C25H28N4O3. The first-order chi connectivity index (χ1) is 15.7. The first-order valence-corrected chi connectivity index (χ1v) is 11.3. The van der Waals surface area contributed by atoms with Crippen LogP contribution in [-0.2, 0) is 27.3 Å². The summed E-state index contributed by atoms with van der Waals surface area (Å²) in [5.74, 6) is 0.930. The van der Waals surface area contributed by atoms with Crippen LogP contribution in [0.15, 0.2) is 48.5 Å². The van der Waals surface area contributed by atoms with Gasteiger partial charge in [0.15, 0.2) is 0 Å². The molecule has 0 bridgehead atoms. The van der Waals surface area contributed by atoms with Gasteiger partial charge in [-0.15, -0.1) is 0 Å². The van der Waals surface area contributed by atoms with Crippen LogP contribution in [-0.4, -0.2) is 59.1 Å². The van der Waals surface area contributed by atoms with Crippen LogP contribution < -0.4 is 4.90 Å². The summed E-state index contributed by atoms with van der Waals surface area (Å²) >= 11 is 0. The van der Waals surface area contributed by atoms with Crippen LogP contribution in [0.3, 0.4) is 0 Å². The minimum Gasteiger partial charge on any atom is -0.378 e. The van der Waals surface area contributed by atoms with Crippen molar-refractivity contribution in [1.29, 1.82) is 0 Å². The van der Waals surface area contributed by atoms with E-state index in [1.54, 1.807) is 0 Å². The number of amides is 2. The average molecular weight is 433 g/mol. The van der Waals surface area contributed by atoms with E-state index in [1.165, 1.54) is 0 Å². The Hall–Kier alpha value is -3.19. The molecule has 3 heterocycles. The Morgan fingerprint density at radius 1 is 1.09 bits per heavy atom. The molecule has 3 aromatic rings. The zero-order valence-electron chi connectivity index (χ0n) is 18.4. The molecule has 0 radical (unpaired) electrons. The third-order valence-electron chi connectivity index (χ3n) is 6.49. The summed E-state index contributed by atoms with van der Waals surface area (Å²) < 4.78 is 7.40. The number of benzene rings is 2. The monoisotopic (exact) mass is 432 g/mol. The Bertz CT molecular complexity index is 1150. The molecule has 0 saturated carbocycles. The highest BCUT2D eigenvalue weighted by Gasteiger charge is 2.36. The summed E-state index contributed by atoms with van der Waals surface area (Å²) in [6.45, 7) is 5.29. The van der Waals surface area contributed by atoms with Gasteiger partial charge in [0.2, 0.25) is 11.8 Å². The summed E-state index contributed by atoms with van der Waals surface area (Å²) in [5.41, 5.74) is 3.94. The third kappa shape index (κ3) is 3.77. The fourth-order valence-electron chi connectivity index (χ4n) is 4.81. The second kappa shape index (κ2) is 8.74. The van der Waals surface area contributed by atoms with E-state index >= 15 is 0 Å². The molecule has 0 aliphatic carbocycles. The van der Waals surface area contributed by atoms with Gasteiger partial charge in [-0.25, -0.2) is 4.98 Å². The summed E-state index contributed by atoms with van der Waals surface area (Å²) in [4.78, 5) is 34.7. The number of aryl methyl sites for hydroxylation is 1. The van der Waals surface area contributed by atoms with Gasteiger partial charge in [0, 0.05) is 37.7 Å². The van der Waals surface area contributed by atoms with Gasteiger partial charge in [-0.05, 0) is 30.2 Å². The van der Waals surface area contributed by atoms with E-state index in [-0.39, 0.29) is 24.3 Å². The lowest BCUT2D eigenvalue weighted by molar-refractivity contribution is -0.135. The number of hydrogen-bond donors (Lipinski definition) is 0. The van der Waals surface area contributed by atoms with Crippen molar-refractivity contribution in [2.24, 2.45) is 0 Å². The number of morpholine rings is 1. The van der Waals surface area contributed by atoms with Crippen molar-refractivity contribution in [2.75, 3.05) is 37.7 Å². The zero-order chi connectivity index (χ0) is 22.1. The molecule has 1 atom stereocenters. The van der Waals surface area contributed by atoms with Gasteiger partial charge in [-0.1, -0.05) is 37.3 Å². The maximum atomic E-state index is 13.1. The maximum absolute atomic E-state index is 13.1. The molecule has 2 aliphatic rings. The van der Waals surface area contributed by atoms with Crippen molar-refractivity contribution in [2.45, 2.75) is 32.2 Å². The molecule has 1 aromatic heterocycles. The number of hydrogen-bond acceptors (Lipinski definition) is 4. The van der Waals surface area contributed by atoms with Crippen LogP contribution in [0, 0.1) is 0 Å². The Balaban J connectivity index is 1.47. The Morgan fingerprint density at radius 3 is 2.66 bits per heavy atom. The van der Waals surface area contributed by atoms with Gasteiger partial charge in [-0.2, -0.15) is 0 Å². The lowest BCUT2D eigenvalue weighted by atomic mass is 10.1. The van der Waals surface area contributed by atoms with E-state index in [9.17, 15) is 9.59 Å². The van der Waals surface area contributed by atoms with Crippen molar-refractivity contribution in [3.05, 3.63) is 59.9 Å². The number of imidazole rings is 1. The van der Waals surface area contributed by atoms with E-state index in [0.29, 0.717) is 39.3 Å². The molecule has 2 fully saturated rings. The normalized spacial score (nSPS) is 19.2. The number of nitrogens with zero attached hydrogens (tertiary/aromatic N) is 4. The van der Waals surface area contributed by atoms with Gasteiger partial charge in [0.05, 0.1) is 24.2 Å². The molecule has 166 valence electrons. The topological polar surface area (TPSA) is 67.7 Å². The van der Waals surface area contributed by atoms with Crippen molar-refractivity contribution < 1.29 is 14.3 Å². The number of fused-ring (bicyclic) bond motifs is 1. The van der Waals surface area contributed by atoms with Crippen molar-refractivity contribution >= 4 is 28.5 Å². The average Bonchev–Trinajstić information content (AvgIpc) is 3.40. The van der Waals surface area contributed by atoms with Gasteiger partial charge in [0.25, 0.3) is 0 Å². The molecule has 2 aromatic carbocycles. The summed E-state index contributed by atoms with van der Waals surface area (Å²) in [7, 11) is 0. The molecular weight excluding hydrogens is 404 g/mol. The van der Waals surface area contributed by atoms with E-state index in [2.05, 4.69) is 13.0 Å². The maximum Gasteiger partial charge on any atom is 0.242 e. The van der Waals surface area contributed by atoms with Gasteiger partial charge >= 0.3 is 0 Å². The minimum absolute atomic E-state index is 0.0581. The molecule has 32 heavy (non-hydrogen) atoms. The third-order valence-corrected chi connectivity index (χ3v) is 6.49. The van der Waals surface area contributed by atoms with Crippen LogP contribution >= 0.6 is 0 Å². The number of para-hydroxylation sites is 3. The SMILES string of the molecule is CCc1ccccc1N1CC(c2nc3ccccc3n2CC(=O)N2CCOCC2)CC1=O. The highest BCUT2D eigenvalue weighted by molar-refractivity contribution is 5.97. The molecule has 7 nitrogen and oxygen atoms in total. The minimum atomic E-state index is -0.0581. The van der Waals surface area contributed by atoms with Crippen LogP contribution in [0.25, 0.3) is 11.0 Å². The Kier molecular flexibility index (Phi) is 5.66. The molecule has 5 rings (SSSR count). The summed E-state index contributed by atoms with van der Waals surface area (Å²) in [6, 6.07) is 16.0. The standard InChI is InChI=1S/C25H28N4O3/c1-2-18-7-3-5-9-21(18)28-16-19(15-23(28)30)25-26-20-8-4-6-10-22(20)29(25)17-24(31)27-11-13-32-14-12-27/h3-10,19H,2,11-17H2,1H3. The van der Waals surface area contributed by atoms with E-state index in [4.69, 9.17) is 9.72 Å². The van der Waals surface area contributed by atoms with Crippen molar-refractivity contribution in [1.82, 2.24) is 14.5 Å². The summed E-state index contributed by atoms with van der Waals surface area (Å²) in [6.07, 6.45) is 1.27. The highest BCUT2D eigenvalue weighted by atomic mass is 16.5. The van der Waals surface area contributed by atoms with Crippen molar-refractivity contribution in [3.63, 3.8) is 0 Å². The second-order valence-corrected chi connectivity index (χ2v) is 8.43. The zero-order valence-corrected chi connectivity index (χ0v) is 18.4. The van der Waals surface area contributed by atoms with Gasteiger partial charge < -0.3 is 19.1 Å². The predicted octanol–water partition coefficient (Wildman–Crippen LogP) is 2.98. The van der Waals surface area contributed by atoms with Crippen LogP contribution in [0.2, 0.25) is 0 Å². The molecule has 2 amide bonds. The Morgan fingerprint density at radius 2 is 1.84 bits per heavy atom. The lowest BCUT2D eigenvalue weighted by Crippen LogP contribution is -2.42. The smallest absolute Gasteiger partial charge is 0.242 e. The largest absolute Gasteiger partial charge is 0.378 e. The van der Waals surface area contributed by atoms with E-state index in [0.717, 1.165) is 34.5 Å². The number of carbonyl (C=O) groups is 2. The number of anilines is 1. The molecule has 7 heteroatoms. The highest BCUT2D eigenvalue weighted by Crippen LogP contribution is 2.34. The quantitative estimate of drug-likeness (QED) is 0.622. The molecule has 0 N–H and O–H groups in total. The van der Waals surface area contributed by atoms with Gasteiger partial charge in [-0.3, -0.25) is 9.59 Å². The van der Waals surface area contributed by atoms with Crippen LogP contribution in [0.4, 0.5) is 5.69 Å². The van der Waals surface area contributed by atoms with Gasteiger partial charge in [0.1, 0.15) is 12.4 Å². The van der Waals surface area contributed by atoms with Crippen molar-refractivity contribution in [3.8, 4) is 0 Å². The molecule has 1 unspecified atom stereocenters.